The van der Waals surface area contributed by atoms with E-state index in [4.69, 9.17) is 16.3 Å². The van der Waals surface area contributed by atoms with Crippen molar-refractivity contribution in [1.29, 1.82) is 0 Å². The molecule has 152 valence electrons. The highest BCUT2D eigenvalue weighted by molar-refractivity contribution is 7.17. The lowest BCUT2D eigenvalue weighted by Crippen LogP contribution is -2.42. The van der Waals surface area contributed by atoms with Gasteiger partial charge < -0.3 is 10.1 Å². The average Bonchev–Trinajstić information content (AvgIpc) is 3.38. The Bertz CT molecular complexity index is 1200. The maximum atomic E-state index is 13.5. The van der Waals surface area contributed by atoms with E-state index in [2.05, 4.69) is 5.32 Å². The van der Waals surface area contributed by atoms with Crippen LogP contribution in [-0.2, 0) is 16.1 Å². The lowest BCUT2D eigenvalue weighted by atomic mass is 10.2. The number of carbonyl (C=O) groups excluding carboxylic acids is 1. The van der Waals surface area contributed by atoms with Crippen molar-refractivity contribution < 1.29 is 13.9 Å². The SMILES string of the molecule is O=C(Cn1c(=O)n(-c2ccc(F)c(Cl)c2)c(=O)c2sccc21)NCC1CCCO1. The standard InChI is InChI=1S/C19H17ClFN3O4S/c20-13-8-11(3-4-14(13)21)24-18(26)17-15(5-7-29-17)23(19(24)27)10-16(25)22-9-12-2-1-6-28-12/h3-5,7-8,12H,1-2,6,9-10H2,(H,22,25). The van der Waals surface area contributed by atoms with Crippen LogP contribution in [0.15, 0.2) is 39.2 Å². The maximum Gasteiger partial charge on any atom is 0.336 e. The maximum absolute atomic E-state index is 13.5. The van der Waals surface area contributed by atoms with E-state index in [-0.39, 0.29) is 29.3 Å². The third-order valence-electron chi connectivity index (χ3n) is 4.77. The summed E-state index contributed by atoms with van der Waals surface area (Å²) in [5.74, 6) is -1.02. The number of benzene rings is 1. The fourth-order valence-electron chi connectivity index (χ4n) is 3.32. The van der Waals surface area contributed by atoms with Gasteiger partial charge in [-0.05, 0) is 42.5 Å². The van der Waals surface area contributed by atoms with Crippen LogP contribution in [0.3, 0.4) is 0 Å². The predicted molar refractivity (Wildman–Crippen MR) is 109 cm³/mol. The summed E-state index contributed by atoms with van der Waals surface area (Å²) in [7, 11) is 0. The zero-order valence-corrected chi connectivity index (χ0v) is 16.8. The summed E-state index contributed by atoms with van der Waals surface area (Å²) in [4.78, 5) is 38.4. The molecule has 4 rings (SSSR count). The van der Waals surface area contributed by atoms with Crippen molar-refractivity contribution in [3.05, 3.63) is 61.3 Å². The number of hydrogen-bond donors (Lipinski definition) is 1. The van der Waals surface area contributed by atoms with Crippen LogP contribution in [0.2, 0.25) is 5.02 Å². The molecular weight excluding hydrogens is 421 g/mol. The molecule has 1 atom stereocenters. The second-order valence-electron chi connectivity index (χ2n) is 6.68. The van der Waals surface area contributed by atoms with Gasteiger partial charge in [-0.15, -0.1) is 11.3 Å². The molecule has 1 aromatic carbocycles. The molecule has 2 aromatic heterocycles. The minimum absolute atomic E-state index is 0.0212. The predicted octanol–water partition coefficient (Wildman–Crippen LogP) is 2.30. The van der Waals surface area contributed by atoms with Crippen molar-refractivity contribution in [3.8, 4) is 5.69 Å². The van der Waals surface area contributed by atoms with Crippen molar-refractivity contribution in [2.24, 2.45) is 0 Å². The Kier molecular flexibility index (Phi) is 5.53. The zero-order chi connectivity index (χ0) is 20.5. The van der Waals surface area contributed by atoms with E-state index >= 15 is 0 Å². The van der Waals surface area contributed by atoms with Gasteiger partial charge in [-0.25, -0.2) is 13.8 Å². The first-order valence-corrected chi connectivity index (χ1v) is 10.3. The molecule has 0 spiro atoms. The van der Waals surface area contributed by atoms with E-state index in [1.165, 1.54) is 16.7 Å². The number of thiophene rings is 1. The van der Waals surface area contributed by atoms with Crippen LogP contribution >= 0.6 is 22.9 Å². The number of hydrogen-bond acceptors (Lipinski definition) is 5. The van der Waals surface area contributed by atoms with E-state index in [1.807, 2.05) is 0 Å². The molecule has 29 heavy (non-hydrogen) atoms. The number of rotatable bonds is 5. The van der Waals surface area contributed by atoms with Gasteiger partial charge in [0.25, 0.3) is 5.56 Å². The van der Waals surface area contributed by atoms with Crippen LogP contribution in [0.25, 0.3) is 15.9 Å². The highest BCUT2D eigenvalue weighted by Gasteiger charge is 2.20. The first kappa shape index (κ1) is 19.8. The van der Waals surface area contributed by atoms with Gasteiger partial charge in [0.1, 0.15) is 17.1 Å². The number of fused-ring (bicyclic) bond motifs is 1. The van der Waals surface area contributed by atoms with Crippen molar-refractivity contribution in [2.45, 2.75) is 25.5 Å². The van der Waals surface area contributed by atoms with E-state index in [9.17, 15) is 18.8 Å². The molecule has 3 aromatic rings. The molecule has 1 amide bonds. The summed E-state index contributed by atoms with van der Waals surface area (Å²) in [6.07, 6.45) is 1.82. The quantitative estimate of drug-likeness (QED) is 0.664. The van der Waals surface area contributed by atoms with Gasteiger partial charge in [0, 0.05) is 13.2 Å². The molecule has 1 aliphatic heterocycles. The number of ether oxygens (including phenoxy) is 1. The van der Waals surface area contributed by atoms with Gasteiger partial charge in [0.2, 0.25) is 5.91 Å². The van der Waals surface area contributed by atoms with E-state index in [1.54, 1.807) is 11.4 Å². The first-order valence-electron chi connectivity index (χ1n) is 9.02. The van der Waals surface area contributed by atoms with Gasteiger partial charge in [0.15, 0.2) is 0 Å². The molecule has 1 saturated heterocycles. The summed E-state index contributed by atoms with van der Waals surface area (Å²) in [6, 6.07) is 5.21. The van der Waals surface area contributed by atoms with E-state index < -0.39 is 17.1 Å². The number of carbonyl (C=O) groups is 1. The van der Waals surface area contributed by atoms with E-state index in [0.717, 1.165) is 34.8 Å². The van der Waals surface area contributed by atoms with Crippen molar-refractivity contribution >= 4 is 39.1 Å². The number of nitrogens with zero attached hydrogens (tertiary/aromatic N) is 2. The Balaban J connectivity index is 1.72. The largest absolute Gasteiger partial charge is 0.376 e. The van der Waals surface area contributed by atoms with Crippen molar-refractivity contribution in [3.63, 3.8) is 0 Å². The van der Waals surface area contributed by atoms with Crippen LogP contribution in [0.5, 0.6) is 0 Å². The molecule has 0 aliphatic carbocycles. The molecule has 1 fully saturated rings. The number of amides is 1. The molecule has 0 radical (unpaired) electrons. The topological polar surface area (TPSA) is 82.3 Å². The van der Waals surface area contributed by atoms with Gasteiger partial charge in [-0.1, -0.05) is 11.6 Å². The Labute approximate surface area is 173 Å². The fraction of sp³-hybridized carbons (Fsp3) is 0.316. The highest BCUT2D eigenvalue weighted by atomic mass is 35.5. The molecule has 1 aliphatic rings. The number of nitrogens with one attached hydrogen (secondary N) is 1. The monoisotopic (exact) mass is 437 g/mol. The third kappa shape index (κ3) is 3.85. The fourth-order valence-corrected chi connectivity index (χ4v) is 4.32. The van der Waals surface area contributed by atoms with Crippen molar-refractivity contribution in [1.82, 2.24) is 14.5 Å². The second kappa shape index (κ2) is 8.10. The highest BCUT2D eigenvalue weighted by Crippen LogP contribution is 2.20. The Morgan fingerprint density at radius 2 is 2.17 bits per heavy atom. The molecule has 7 nitrogen and oxygen atoms in total. The van der Waals surface area contributed by atoms with Gasteiger partial charge >= 0.3 is 5.69 Å². The first-order chi connectivity index (χ1) is 14.0. The normalized spacial score (nSPS) is 16.4. The second-order valence-corrected chi connectivity index (χ2v) is 8.01. The lowest BCUT2D eigenvalue weighted by Gasteiger charge is -2.14. The summed E-state index contributed by atoms with van der Waals surface area (Å²) < 4.78 is 21.4. The van der Waals surface area contributed by atoms with E-state index in [0.29, 0.717) is 23.4 Å². The van der Waals surface area contributed by atoms with Crippen molar-refractivity contribution in [2.75, 3.05) is 13.2 Å². The van der Waals surface area contributed by atoms with Crippen LogP contribution in [0.1, 0.15) is 12.8 Å². The van der Waals surface area contributed by atoms with Crippen LogP contribution in [-0.4, -0.2) is 34.3 Å². The van der Waals surface area contributed by atoms with Gasteiger partial charge in [-0.2, -0.15) is 0 Å². The third-order valence-corrected chi connectivity index (χ3v) is 5.95. The molecule has 10 heteroatoms. The van der Waals surface area contributed by atoms with Crippen LogP contribution in [0, 0.1) is 5.82 Å². The van der Waals surface area contributed by atoms with Gasteiger partial charge in [0.05, 0.1) is 22.3 Å². The molecular formula is C19H17ClFN3O4S. The van der Waals surface area contributed by atoms with Crippen LogP contribution < -0.4 is 16.6 Å². The molecule has 1 N–H and O–H groups in total. The summed E-state index contributed by atoms with van der Waals surface area (Å²) >= 11 is 6.98. The molecule has 3 heterocycles. The number of aromatic nitrogens is 2. The van der Waals surface area contributed by atoms with Crippen LogP contribution in [0.4, 0.5) is 4.39 Å². The Morgan fingerprint density at radius 3 is 2.90 bits per heavy atom. The minimum atomic E-state index is -0.698. The minimum Gasteiger partial charge on any atom is -0.376 e. The lowest BCUT2D eigenvalue weighted by molar-refractivity contribution is -0.122. The summed E-state index contributed by atoms with van der Waals surface area (Å²) in [6.45, 7) is 0.794. The zero-order valence-electron chi connectivity index (χ0n) is 15.2. The number of halogens is 2. The Morgan fingerprint density at radius 1 is 1.34 bits per heavy atom. The van der Waals surface area contributed by atoms with Gasteiger partial charge in [-0.3, -0.25) is 14.2 Å². The average molecular weight is 438 g/mol. The summed E-state index contributed by atoms with van der Waals surface area (Å²) in [5, 5.41) is 4.24. The summed E-state index contributed by atoms with van der Waals surface area (Å²) in [5.41, 5.74) is -0.730. The Hall–Kier alpha value is -2.49. The molecule has 0 bridgehead atoms. The molecule has 0 saturated carbocycles. The smallest absolute Gasteiger partial charge is 0.336 e. The molecule has 1 unspecified atom stereocenters.